The van der Waals surface area contributed by atoms with E-state index in [1.165, 1.54) is 0 Å². The van der Waals surface area contributed by atoms with Crippen LogP contribution in [0.15, 0.2) is 22.7 Å². The van der Waals surface area contributed by atoms with Crippen molar-refractivity contribution in [1.82, 2.24) is 0 Å². The number of nitrogens with one attached hydrogen (secondary N) is 1. The van der Waals surface area contributed by atoms with E-state index in [0.29, 0.717) is 6.42 Å². The summed E-state index contributed by atoms with van der Waals surface area (Å²) in [5, 5.41) is 2.86. The van der Waals surface area contributed by atoms with Gasteiger partial charge in [-0.05, 0) is 70.1 Å². The molecular weight excluding hydrogens is 395 g/mol. The summed E-state index contributed by atoms with van der Waals surface area (Å²) in [6.45, 7) is 3.77. The molecule has 0 aliphatic heterocycles. The highest BCUT2D eigenvalue weighted by atomic mass is 127. The van der Waals surface area contributed by atoms with Crippen LogP contribution in [0.2, 0.25) is 0 Å². The molecule has 0 radical (unpaired) electrons. The monoisotopic (exact) mass is 410 g/mol. The molecule has 0 fully saturated rings. The van der Waals surface area contributed by atoms with Crippen molar-refractivity contribution < 1.29 is 4.79 Å². The summed E-state index contributed by atoms with van der Waals surface area (Å²) in [7, 11) is 0. The molecule has 1 rings (SSSR count). The molecule has 0 saturated heterocycles. The first-order chi connectivity index (χ1) is 7.86. The van der Waals surface area contributed by atoms with Crippen LogP contribution in [0.1, 0.15) is 26.7 Å². The Balaban J connectivity index is 2.84. The molecule has 0 aliphatic rings. The van der Waals surface area contributed by atoms with Gasteiger partial charge in [-0.3, -0.25) is 4.79 Å². The van der Waals surface area contributed by atoms with Crippen molar-refractivity contribution in [3.8, 4) is 0 Å². The average Bonchev–Trinajstić information content (AvgIpc) is 2.23. The first-order valence-corrected chi connectivity index (χ1v) is 7.29. The molecule has 1 atom stereocenters. The fraction of sp³-hybridized carbons (Fsp3) is 0.417. The predicted molar refractivity (Wildman–Crippen MR) is 83.0 cm³/mol. The third kappa shape index (κ3) is 4.22. The Morgan fingerprint density at radius 2 is 2.24 bits per heavy atom. The van der Waals surface area contributed by atoms with E-state index in [1.807, 2.05) is 25.1 Å². The summed E-state index contributed by atoms with van der Waals surface area (Å²) < 4.78 is 1.92. The Bertz CT molecular complexity index is 421. The van der Waals surface area contributed by atoms with Gasteiger partial charge in [-0.1, -0.05) is 13.3 Å². The second-order valence-electron chi connectivity index (χ2n) is 4.25. The summed E-state index contributed by atoms with van der Waals surface area (Å²) >= 11 is 5.61. The predicted octanol–water partition coefficient (Wildman–Crippen LogP) is 3.51. The molecule has 0 saturated carbocycles. The number of rotatable bonds is 4. The van der Waals surface area contributed by atoms with Crippen LogP contribution < -0.4 is 11.1 Å². The number of anilines is 1. The third-order valence-corrected chi connectivity index (χ3v) is 3.83. The van der Waals surface area contributed by atoms with Crippen molar-refractivity contribution in [3.05, 3.63) is 26.2 Å². The van der Waals surface area contributed by atoms with Crippen LogP contribution in [0.3, 0.4) is 0 Å². The molecule has 94 valence electrons. The van der Waals surface area contributed by atoms with E-state index in [2.05, 4.69) is 43.8 Å². The zero-order valence-corrected chi connectivity index (χ0v) is 13.6. The number of carbonyl (C=O) groups is 1. The number of benzene rings is 1. The maximum atomic E-state index is 12.0. The average molecular weight is 411 g/mol. The highest BCUT2D eigenvalue weighted by molar-refractivity contribution is 14.1. The second kappa shape index (κ2) is 6.15. The minimum atomic E-state index is -0.824. The van der Waals surface area contributed by atoms with E-state index in [0.717, 1.165) is 20.2 Å². The fourth-order valence-corrected chi connectivity index (χ4v) is 2.33. The van der Waals surface area contributed by atoms with Crippen LogP contribution in [0.5, 0.6) is 0 Å². The molecule has 3 N–H and O–H groups in total. The molecule has 0 bridgehead atoms. The van der Waals surface area contributed by atoms with Crippen LogP contribution in [0.25, 0.3) is 0 Å². The SMILES string of the molecule is CCCC(C)(N)C(=O)Nc1cc(I)ccc1Br. The number of hydrogen-bond acceptors (Lipinski definition) is 2. The van der Waals surface area contributed by atoms with Crippen LogP contribution in [-0.4, -0.2) is 11.4 Å². The van der Waals surface area contributed by atoms with Crippen LogP contribution >= 0.6 is 38.5 Å². The Labute approximate surface area is 124 Å². The molecular formula is C12H16BrIN2O. The molecule has 1 unspecified atom stereocenters. The van der Waals surface area contributed by atoms with E-state index in [9.17, 15) is 4.79 Å². The highest BCUT2D eigenvalue weighted by Crippen LogP contribution is 2.25. The Kier molecular flexibility index (Phi) is 5.40. The van der Waals surface area contributed by atoms with Gasteiger partial charge in [-0.25, -0.2) is 0 Å². The van der Waals surface area contributed by atoms with Gasteiger partial charge >= 0.3 is 0 Å². The Morgan fingerprint density at radius 1 is 1.59 bits per heavy atom. The quantitative estimate of drug-likeness (QED) is 0.746. The lowest BCUT2D eigenvalue weighted by Gasteiger charge is -2.23. The molecule has 5 heteroatoms. The largest absolute Gasteiger partial charge is 0.323 e. The molecule has 0 aromatic heterocycles. The van der Waals surface area contributed by atoms with Gasteiger partial charge in [0.2, 0.25) is 5.91 Å². The van der Waals surface area contributed by atoms with Crippen LogP contribution in [-0.2, 0) is 4.79 Å². The molecule has 1 amide bonds. The van der Waals surface area contributed by atoms with Gasteiger partial charge in [-0.15, -0.1) is 0 Å². The van der Waals surface area contributed by atoms with E-state index in [1.54, 1.807) is 6.92 Å². The van der Waals surface area contributed by atoms with Gasteiger partial charge < -0.3 is 11.1 Å². The highest BCUT2D eigenvalue weighted by Gasteiger charge is 2.27. The zero-order chi connectivity index (χ0) is 13.1. The van der Waals surface area contributed by atoms with Crippen molar-refractivity contribution in [2.75, 3.05) is 5.32 Å². The molecule has 3 nitrogen and oxygen atoms in total. The van der Waals surface area contributed by atoms with Crippen molar-refractivity contribution in [2.45, 2.75) is 32.2 Å². The normalized spacial score (nSPS) is 14.2. The topological polar surface area (TPSA) is 55.1 Å². The van der Waals surface area contributed by atoms with E-state index in [-0.39, 0.29) is 5.91 Å². The first-order valence-electron chi connectivity index (χ1n) is 5.42. The lowest BCUT2D eigenvalue weighted by molar-refractivity contribution is -0.120. The summed E-state index contributed by atoms with van der Waals surface area (Å²) in [5.41, 5.74) is 5.91. The van der Waals surface area contributed by atoms with Gasteiger partial charge in [0, 0.05) is 8.04 Å². The third-order valence-electron chi connectivity index (χ3n) is 2.46. The van der Waals surface area contributed by atoms with Crippen molar-refractivity contribution in [3.63, 3.8) is 0 Å². The number of amides is 1. The maximum Gasteiger partial charge on any atom is 0.244 e. The first kappa shape index (κ1) is 14.9. The van der Waals surface area contributed by atoms with Gasteiger partial charge in [0.05, 0.1) is 11.2 Å². The van der Waals surface area contributed by atoms with Gasteiger partial charge in [0.25, 0.3) is 0 Å². The van der Waals surface area contributed by atoms with E-state index >= 15 is 0 Å². The number of nitrogens with two attached hydrogens (primary N) is 1. The Hall–Kier alpha value is -0.140. The second-order valence-corrected chi connectivity index (χ2v) is 6.35. The van der Waals surface area contributed by atoms with Gasteiger partial charge in [0.15, 0.2) is 0 Å². The van der Waals surface area contributed by atoms with Crippen molar-refractivity contribution >= 4 is 50.1 Å². The maximum absolute atomic E-state index is 12.0. The van der Waals surface area contributed by atoms with Crippen LogP contribution in [0.4, 0.5) is 5.69 Å². The smallest absolute Gasteiger partial charge is 0.244 e. The summed E-state index contributed by atoms with van der Waals surface area (Å²) in [4.78, 5) is 12.0. The van der Waals surface area contributed by atoms with E-state index in [4.69, 9.17) is 5.73 Å². The lowest BCUT2D eigenvalue weighted by atomic mass is 9.96. The molecule has 0 heterocycles. The minimum absolute atomic E-state index is 0.151. The Morgan fingerprint density at radius 3 is 2.82 bits per heavy atom. The van der Waals surface area contributed by atoms with Gasteiger partial charge in [0.1, 0.15) is 0 Å². The van der Waals surface area contributed by atoms with Crippen LogP contribution in [0, 0.1) is 3.57 Å². The molecule has 1 aromatic carbocycles. The summed E-state index contributed by atoms with van der Waals surface area (Å²) in [5.74, 6) is -0.151. The van der Waals surface area contributed by atoms with Crippen molar-refractivity contribution in [1.29, 1.82) is 0 Å². The lowest BCUT2D eigenvalue weighted by Crippen LogP contribution is -2.48. The number of halogens is 2. The standard InChI is InChI=1S/C12H16BrIN2O/c1-3-6-12(2,15)11(17)16-10-7-8(14)4-5-9(10)13/h4-5,7H,3,6,15H2,1-2H3,(H,16,17). The van der Waals surface area contributed by atoms with E-state index < -0.39 is 5.54 Å². The van der Waals surface area contributed by atoms with Crippen molar-refractivity contribution in [2.24, 2.45) is 5.73 Å². The zero-order valence-electron chi connectivity index (χ0n) is 9.89. The molecule has 0 spiro atoms. The summed E-state index contributed by atoms with van der Waals surface area (Å²) in [6, 6.07) is 5.78. The molecule has 1 aromatic rings. The molecule has 17 heavy (non-hydrogen) atoms. The fourth-order valence-electron chi connectivity index (χ4n) is 1.49. The number of carbonyl (C=O) groups excluding carboxylic acids is 1. The molecule has 0 aliphatic carbocycles. The number of hydrogen-bond donors (Lipinski definition) is 2. The van der Waals surface area contributed by atoms with Gasteiger partial charge in [-0.2, -0.15) is 0 Å². The minimum Gasteiger partial charge on any atom is -0.323 e. The summed E-state index contributed by atoms with van der Waals surface area (Å²) in [6.07, 6.45) is 1.55.